The van der Waals surface area contributed by atoms with Crippen molar-refractivity contribution in [1.82, 2.24) is 5.16 Å². The maximum atomic E-state index is 5.62. The second kappa shape index (κ2) is 3.73. The van der Waals surface area contributed by atoms with E-state index in [4.69, 9.17) is 10.3 Å². The van der Waals surface area contributed by atoms with Crippen molar-refractivity contribution in [3.63, 3.8) is 0 Å². The van der Waals surface area contributed by atoms with Crippen molar-refractivity contribution in [3.05, 3.63) is 17.0 Å². The van der Waals surface area contributed by atoms with Crippen LogP contribution in [0.3, 0.4) is 0 Å². The van der Waals surface area contributed by atoms with Gasteiger partial charge in [0.25, 0.3) is 0 Å². The zero-order chi connectivity index (χ0) is 10.1. The minimum absolute atomic E-state index is 0.504. The zero-order valence-corrected chi connectivity index (χ0v) is 8.92. The van der Waals surface area contributed by atoms with Crippen molar-refractivity contribution in [3.8, 4) is 0 Å². The Kier molecular flexibility index (Phi) is 2.59. The maximum Gasteiger partial charge on any atom is 0.140 e. The van der Waals surface area contributed by atoms with Crippen LogP contribution in [0.1, 0.15) is 37.3 Å². The summed E-state index contributed by atoms with van der Waals surface area (Å²) in [7, 11) is 0. The number of rotatable bonds is 2. The standard InChI is InChI=1S/C11H18N2O/c1-7(2)8-3-4-11-9(5-8)10(6-12)13-14-11/h7-8H,3-6,12H2,1-2H3/t8-/m1/s1. The Bertz CT molecular complexity index is 304. The lowest BCUT2D eigenvalue weighted by molar-refractivity contribution is 0.305. The summed E-state index contributed by atoms with van der Waals surface area (Å²) >= 11 is 0. The Labute approximate surface area is 84.7 Å². The van der Waals surface area contributed by atoms with Gasteiger partial charge in [-0.25, -0.2) is 0 Å². The number of aromatic nitrogens is 1. The summed E-state index contributed by atoms with van der Waals surface area (Å²) in [6.45, 7) is 5.07. The number of nitrogens with two attached hydrogens (primary N) is 1. The van der Waals surface area contributed by atoms with Gasteiger partial charge < -0.3 is 10.3 Å². The summed E-state index contributed by atoms with van der Waals surface area (Å²) in [4.78, 5) is 0. The second-order valence-corrected chi connectivity index (χ2v) is 4.48. The van der Waals surface area contributed by atoms with Crippen molar-refractivity contribution < 1.29 is 4.52 Å². The molecule has 1 aliphatic rings. The topological polar surface area (TPSA) is 52.0 Å². The van der Waals surface area contributed by atoms with E-state index < -0.39 is 0 Å². The van der Waals surface area contributed by atoms with Crippen LogP contribution in [0.25, 0.3) is 0 Å². The molecule has 2 N–H and O–H groups in total. The van der Waals surface area contributed by atoms with Gasteiger partial charge in [0.2, 0.25) is 0 Å². The Morgan fingerprint density at radius 2 is 2.36 bits per heavy atom. The minimum Gasteiger partial charge on any atom is -0.361 e. The lowest BCUT2D eigenvalue weighted by Crippen LogP contribution is -2.19. The van der Waals surface area contributed by atoms with Crippen LogP contribution in [0.5, 0.6) is 0 Å². The Hall–Kier alpha value is -0.830. The summed E-state index contributed by atoms with van der Waals surface area (Å²) in [6, 6.07) is 0. The summed E-state index contributed by atoms with van der Waals surface area (Å²) in [5.74, 6) is 2.58. The number of fused-ring (bicyclic) bond motifs is 1. The molecular formula is C11H18N2O. The molecule has 0 fully saturated rings. The highest BCUT2D eigenvalue weighted by atomic mass is 16.5. The van der Waals surface area contributed by atoms with Crippen molar-refractivity contribution >= 4 is 0 Å². The lowest BCUT2D eigenvalue weighted by atomic mass is 9.80. The molecule has 1 heterocycles. The van der Waals surface area contributed by atoms with Crippen LogP contribution in [-0.2, 0) is 19.4 Å². The van der Waals surface area contributed by atoms with Crippen molar-refractivity contribution in [2.75, 3.05) is 0 Å². The highest BCUT2D eigenvalue weighted by Crippen LogP contribution is 2.31. The fourth-order valence-electron chi connectivity index (χ4n) is 2.22. The van der Waals surface area contributed by atoms with E-state index >= 15 is 0 Å². The van der Waals surface area contributed by atoms with Crippen LogP contribution in [0.2, 0.25) is 0 Å². The highest BCUT2D eigenvalue weighted by molar-refractivity contribution is 5.26. The third kappa shape index (κ3) is 1.57. The first kappa shape index (κ1) is 9.71. The van der Waals surface area contributed by atoms with Gasteiger partial charge in [-0.1, -0.05) is 19.0 Å². The first-order valence-corrected chi connectivity index (χ1v) is 5.38. The Morgan fingerprint density at radius 3 is 3.00 bits per heavy atom. The first-order valence-electron chi connectivity index (χ1n) is 5.38. The molecule has 2 rings (SSSR count). The quantitative estimate of drug-likeness (QED) is 0.782. The minimum atomic E-state index is 0.504. The Balaban J connectivity index is 2.23. The van der Waals surface area contributed by atoms with Crippen molar-refractivity contribution in [1.29, 1.82) is 0 Å². The number of nitrogens with zero attached hydrogens (tertiary/aromatic N) is 1. The third-order valence-electron chi connectivity index (χ3n) is 3.30. The molecule has 1 aromatic heterocycles. The van der Waals surface area contributed by atoms with Crippen molar-refractivity contribution in [2.24, 2.45) is 17.6 Å². The largest absolute Gasteiger partial charge is 0.361 e. The monoisotopic (exact) mass is 194 g/mol. The molecule has 3 nitrogen and oxygen atoms in total. The smallest absolute Gasteiger partial charge is 0.140 e. The lowest BCUT2D eigenvalue weighted by Gasteiger charge is -2.24. The van der Waals surface area contributed by atoms with Crippen LogP contribution >= 0.6 is 0 Å². The Morgan fingerprint density at radius 1 is 1.57 bits per heavy atom. The number of hydrogen-bond acceptors (Lipinski definition) is 3. The molecule has 1 atom stereocenters. The van der Waals surface area contributed by atoms with Gasteiger partial charge in [0.15, 0.2) is 0 Å². The maximum absolute atomic E-state index is 5.62. The number of aryl methyl sites for hydroxylation is 1. The van der Waals surface area contributed by atoms with Crippen LogP contribution in [0, 0.1) is 11.8 Å². The number of hydrogen-bond donors (Lipinski definition) is 1. The fraction of sp³-hybridized carbons (Fsp3) is 0.727. The SMILES string of the molecule is CC(C)[C@@H]1CCc2onc(CN)c2C1. The average Bonchev–Trinajstić information content (AvgIpc) is 2.59. The molecule has 0 aliphatic heterocycles. The molecule has 0 bridgehead atoms. The molecule has 0 spiro atoms. The molecule has 1 aromatic rings. The van der Waals surface area contributed by atoms with E-state index in [0.717, 1.165) is 36.1 Å². The molecule has 0 saturated carbocycles. The molecule has 0 aromatic carbocycles. The van der Waals surface area contributed by atoms with Crippen LogP contribution in [0.4, 0.5) is 0 Å². The summed E-state index contributed by atoms with van der Waals surface area (Å²) < 4.78 is 5.28. The third-order valence-corrected chi connectivity index (χ3v) is 3.30. The molecule has 0 amide bonds. The van der Waals surface area contributed by atoms with Gasteiger partial charge in [0.1, 0.15) is 11.5 Å². The molecule has 0 radical (unpaired) electrons. The van der Waals surface area contributed by atoms with E-state index in [1.165, 1.54) is 12.0 Å². The molecule has 0 unspecified atom stereocenters. The van der Waals surface area contributed by atoms with Gasteiger partial charge in [0.05, 0.1) is 0 Å². The summed E-state index contributed by atoms with van der Waals surface area (Å²) in [5.41, 5.74) is 7.87. The van der Waals surface area contributed by atoms with E-state index in [2.05, 4.69) is 19.0 Å². The molecule has 14 heavy (non-hydrogen) atoms. The fourth-order valence-corrected chi connectivity index (χ4v) is 2.22. The van der Waals surface area contributed by atoms with Crippen LogP contribution in [0.15, 0.2) is 4.52 Å². The summed E-state index contributed by atoms with van der Waals surface area (Å²) in [6.07, 6.45) is 3.36. The molecule has 1 aliphatic carbocycles. The molecule has 78 valence electrons. The highest BCUT2D eigenvalue weighted by Gasteiger charge is 2.26. The summed E-state index contributed by atoms with van der Waals surface area (Å²) in [5, 5.41) is 4.01. The van der Waals surface area contributed by atoms with Gasteiger partial charge in [-0.3, -0.25) is 0 Å². The van der Waals surface area contributed by atoms with Gasteiger partial charge >= 0.3 is 0 Å². The molecule has 0 saturated heterocycles. The zero-order valence-electron chi connectivity index (χ0n) is 8.92. The van der Waals surface area contributed by atoms with E-state index in [-0.39, 0.29) is 0 Å². The van der Waals surface area contributed by atoms with Crippen LogP contribution in [-0.4, -0.2) is 5.16 Å². The molecule has 3 heteroatoms. The predicted octanol–water partition coefficient (Wildman–Crippen LogP) is 1.89. The van der Waals surface area contributed by atoms with Gasteiger partial charge in [-0.05, 0) is 24.7 Å². The van der Waals surface area contributed by atoms with Gasteiger partial charge in [-0.15, -0.1) is 0 Å². The predicted molar refractivity (Wildman–Crippen MR) is 54.7 cm³/mol. The van der Waals surface area contributed by atoms with E-state index in [0.29, 0.717) is 6.54 Å². The second-order valence-electron chi connectivity index (χ2n) is 4.48. The average molecular weight is 194 g/mol. The van der Waals surface area contributed by atoms with Crippen molar-refractivity contribution in [2.45, 2.75) is 39.7 Å². The van der Waals surface area contributed by atoms with Gasteiger partial charge in [-0.2, -0.15) is 0 Å². The van der Waals surface area contributed by atoms with Crippen LogP contribution < -0.4 is 5.73 Å². The van der Waals surface area contributed by atoms with E-state index in [1.807, 2.05) is 0 Å². The first-order chi connectivity index (χ1) is 6.72. The van der Waals surface area contributed by atoms with Gasteiger partial charge in [0, 0.05) is 18.5 Å². The normalized spacial score (nSPS) is 21.3. The van der Waals surface area contributed by atoms with E-state index in [9.17, 15) is 0 Å². The molecular weight excluding hydrogens is 176 g/mol. The van der Waals surface area contributed by atoms with E-state index in [1.54, 1.807) is 0 Å².